The zero-order chi connectivity index (χ0) is 8.43. The molecule has 0 saturated heterocycles. The van der Waals surface area contributed by atoms with Crippen LogP contribution < -0.4 is 0 Å². The molecule has 0 heterocycles. The summed E-state index contributed by atoms with van der Waals surface area (Å²) in [6.07, 6.45) is 0.566. The van der Waals surface area contributed by atoms with Gasteiger partial charge in [-0.3, -0.25) is 4.79 Å². The van der Waals surface area contributed by atoms with Crippen LogP contribution in [0.15, 0.2) is 16.6 Å². The Bertz CT molecular complexity index is 299. The summed E-state index contributed by atoms with van der Waals surface area (Å²) >= 11 is 8.74. The van der Waals surface area contributed by atoms with Gasteiger partial charge in [-0.15, -0.1) is 0 Å². The van der Waals surface area contributed by atoms with Gasteiger partial charge in [0.1, 0.15) is 5.75 Å². The van der Waals surface area contributed by atoms with Gasteiger partial charge in [-0.25, -0.2) is 0 Å². The van der Waals surface area contributed by atoms with Gasteiger partial charge in [0.05, 0.1) is 10.6 Å². The Morgan fingerprint density at radius 1 is 1.55 bits per heavy atom. The number of benzene rings is 1. The minimum atomic E-state index is -0.104. The molecule has 0 aliphatic heterocycles. The summed E-state index contributed by atoms with van der Waals surface area (Å²) in [5.74, 6) is -0.104. The fraction of sp³-hybridized carbons (Fsp3) is 0. The lowest BCUT2D eigenvalue weighted by molar-refractivity contribution is 0.112. The minimum absolute atomic E-state index is 0.104. The van der Waals surface area contributed by atoms with Crippen molar-refractivity contribution in [3.05, 3.63) is 27.2 Å². The maximum absolute atomic E-state index is 10.3. The predicted molar refractivity (Wildman–Crippen MR) is 46.2 cm³/mol. The second-order valence-corrected chi connectivity index (χ2v) is 3.20. The number of carbonyl (C=O) groups is 1. The highest BCUT2D eigenvalue weighted by Crippen LogP contribution is 2.28. The maximum atomic E-state index is 10.3. The number of hydrogen-bond acceptors (Lipinski definition) is 2. The molecule has 0 unspecified atom stereocenters. The molecule has 0 fully saturated rings. The minimum Gasteiger partial charge on any atom is -0.507 e. The smallest absolute Gasteiger partial charge is 0.153 e. The quantitative estimate of drug-likeness (QED) is 0.760. The van der Waals surface area contributed by atoms with E-state index in [9.17, 15) is 4.79 Å². The number of aldehydes is 1. The second kappa shape index (κ2) is 3.24. The van der Waals surface area contributed by atoms with Gasteiger partial charge >= 0.3 is 0 Å². The molecule has 0 aliphatic rings. The molecule has 11 heavy (non-hydrogen) atoms. The molecule has 58 valence electrons. The normalized spacial score (nSPS) is 9.64. The fourth-order valence-corrected chi connectivity index (χ4v) is 1.17. The van der Waals surface area contributed by atoms with Crippen molar-refractivity contribution < 1.29 is 9.90 Å². The Kier molecular flexibility index (Phi) is 2.52. The summed E-state index contributed by atoms with van der Waals surface area (Å²) in [4.78, 5) is 10.3. The van der Waals surface area contributed by atoms with Crippen LogP contribution in [0.2, 0.25) is 5.02 Å². The molecule has 4 heteroatoms. The average molecular weight is 235 g/mol. The third-order valence-electron chi connectivity index (χ3n) is 1.20. The first-order valence-electron chi connectivity index (χ1n) is 2.78. The lowest BCUT2D eigenvalue weighted by Crippen LogP contribution is -1.81. The van der Waals surface area contributed by atoms with E-state index in [2.05, 4.69) is 15.9 Å². The SMILES string of the molecule is O=Cc1cc(Br)c(Cl)cc1O. The Hall–Kier alpha value is -0.540. The summed E-state index contributed by atoms with van der Waals surface area (Å²) in [7, 11) is 0. The summed E-state index contributed by atoms with van der Waals surface area (Å²) in [6, 6.07) is 2.78. The Morgan fingerprint density at radius 3 is 2.73 bits per heavy atom. The lowest BCUT2D eigenvalue weighted by Gasteiger charge is -1.99. The highest BCUT2D eigenvalue weighted by molar-refractivity contribution is 9.10. The van der Waals surface area contributed by atoms with Gasteiger partial charge in [-0.1, -0.05) is 11.6 Å². The summed E-state index contributed by atoms with van der Waals surface area (Å²) in [5.41, 5.74) is 0.223. The van der Waals surface area contributed by atoms with Crippen LogP contribution in [0.4, 0.5) is 0 Å². The predicted octanol–water partition coefficient (Wildman–Crippen LogP) is 2.62. The molecule has 0 atom stereocenters. The van der Waals surface area contributed by atoms with Crippen molar-refractivity contribution in [3.8, 4) is 5.75 Å². The van der Waals surface area contributed by atoms with Crippen LogP contribution in [-0.2, 0) is 0 Å². The van der Waals surface area contributed by atoms with E-state index in [0.29, 0.717) is 15.8 Å². The third-order valence-corrected chi connectivity index (χ3v) is 2.39. The van der Waals surface area contributed by atoms with Crippen LogP contribution in [0.5, 0.6) is 5.75 Å². The van der Waals surface area contributed by atoms with Gasteiger partial charge in [0.15, 0.2) is 6.29 Å². The van der Waals surface area contributed by atoms with Crippen LogP contribution in [0.1, 0.15) is 10.4 Å². The molecule has 0 bridgehead atoms. The highest BCUT2D eigenvalue weighted by atomic mass is 79.9. The number of rotatable bonds is 1. The first kappa shape index (κ1) is 8.56. The van der Waals surface area contributed by atoms with Crippen LogP contribution in [0, 0.1) is 0 Å². The Morgan fingerprint density at radius 2 is 2.18 bits per heavy atom. The number of phenols is 1. The average Bonchev–Trinajstić information content (AvgIpc) is 1.97. The standard InChI is InChI=1S/C7H4BrClO2/c8-5-1-4(3-10)7(11)2-6(5)9/h1-3,11H. The van der Waals surface area contributed by atoms with Gasteiger partial charge in [0.2, 0.25) is 0 Å². The van der Waals surface area contributed by atoms with Crippen molar-refractivity contribution in [2.75, 3.05) is 0 Å². The maximum Gasteiger partial charge on any atom is 0.153 e. The zero-order valence-electron chi connectivity index (χ0n) is 5.34. The van der Waals surface area contributed by atoms with Crippen molar-refractivity contribution in [1.29, 1.82) is 0 Å². The molecule has 0 aromatic heterocycles. The molecule has 0 spiro atoms. The van der Waals surface area contributed by atoms with Crippen LogP contribution in [0.25, 0.3) is 0 Å². The first-order valence-corrected chi connectivity index (χ1v) is 3.95. The van der Waals surface area contributed by atoms with Crippen LogP contribution in [-0.4, -0.2) is 11.4 Å². The van der Waals surface area contributed by atoms with Gasteiger partial charge in [-0.2, -0.15) is 0 Å². The van der Waals surface area contributed by atoms with E-state index in [1.165, 1.54) is 12.1 Å². The number of phenolic OH excluding ortho intramolecular Hbond substituents is 1. The Balaban J connectivity index is 3.31. The zero-order valence-corrected chi connectivity index (χ0v) is 7.69. The molecule has 0 radical (unpaired) electrons. The molecular weight excluding hydrogens is 231 g/mol. The molecule has 1 aromatic rings. The van der Waals surface area contributed by atoms with Crippen LogP contribution >= 0.6 is 27.5 Å². The summed E-state index contributed by atoms with van der Waals surface area (Å²) in [6.45, 7) is 0. The van der Waals surface area contributed by atoms with Gasteiger partial charge < -0.3 is 5.11 Å². The van der Waals surface area contributed by atoms with Crippen molar-refractivity contribution in [2.24, 2.45) is 0 Å². The van der Waals surface area contributed by atoms with E-state index in [0.717, 1.165) is 0 Å². The van der Waals surface area contributed by atoms with Crippen molar-refractivity contribution in [3.63, 3.8) is 0 Å². The third kappa shape index (κ3) is 1.73. The first-order chi connectivity index (χ1) is 5.15. The molecule has 0 aliphatic carbocycles. The number of carbonyl (C=O) groups excluding carboxylic acids is 1. The molecular formula is C7H4BrClO2. The molecule has 0 amide bonds. The van der Waals surface area contributed by atoms with Crippen LogP contribution in [0.3, 0.4) is 0 Å². The van der Waals surface area contributed by atoms with E-state index in [-0.39, 0.29) is 11.3 Å². The highest BCUT2D eigenvalue weighted by Gasteiger charge is 2.04. The molecule has 1 rings (SSSR count). The van der Waals surface area contributed by atoms with E-state index >= 15 is 0 Å². The summed E-state index contributed by atoms with van der Waals surface area (Å²) < 4.78 is 0.596. The second-order valence-electron chi connectivity index (χ2n) is 1.94. The number of aromatic hydroxyl groups is 1. The van der Waals surface area contributed by atoms with Crippen molar-refractivity contribution in [2.45, 2.75) is 0 Å². The van der Waals surface area contributed by atoms with Gasteiger partial charge in [-0.05, 0) is 22.0 Å². The monoisotopic (exact) mass is 234 g/mol. The van der Waals surface area contributed by atoms with E-state index in [1.54, 1.807) is 0 Å². The lowest BCUT2D eigenvalue weighted by atomic mass is 10.2. The van der Waals surface area contributed by atoms with E-state index in [1.807, 2.05) is 0 Å². The molecule has 1 aromatic carbocycles. The number of halogens is 2. The topological polar surface area (TPSA) is 37.3 Å². The molecule has 0 saturated carbocycles. The largest absolute Gasteiger partial charge is 0.507 e. The van der Waals surface area contributed by atoms with Crippen molar-refractivity contribution >= 4 is 33.8 Å². The number of hydrogen-bond donors (Lipinski definition) is 1. The molecule has 2 nitrogen and oxygen atoms in total. The molecule has 1 N–H and O–H groups in total. The fourth-order valence-electron chi connectivity index (χ4n) is 0.646. The van der Waals surface area contributed by atoms with Gasteiger partial charge in [0, 0.05) is 10.5 Å². The van der Waals surface area contributed by atoms with Crippen molar-refractivity contribution in [1.82, 2.24) is 0 Å². The Labute approximate surface area is 76.9 Å². The van der Waals surface area contributed by atoms with Gasteiger partial charge in [0.25, 0.3) is 0 Å². The van der Waals surface area contributed by atoms with E-state index < -0.39 is 0 Å². The summed E-state index contributed by atoms with van der Waals surface area (Å²) in [5, 5.41) is 9.46. The van der Waals surface area contributed by atoms with E-state index in [4.69, 9.17) is 16.7 Å².